The van der Waals surface area contributed by atoms with E-state index in [0.717, 1.165) is 5.56 Å². The minimum atomic E-state index is -4.72. The fourth-order valence-corrected chi connectivity index (χ4v) is 2.95. The van der Waals surface area contributed by atoms with Gasteiger partial charge in [0.05, 0.1) is 0 Å². The average Bonchev–Trinajstić information content (AvgIpc) is 3.17. The molecule has 0 spiro atoms. The summed E-state index contributed by atoms with van der Waals surface area (Å²) in [4.78, 5) is 0. The van der Waals surface area contributed by atoms with E-state index in [-0.39, 0.29) is 29.4 Å². The Bertz CT molecular complexity index is 1160. The number of halogens is 3. The second kappa shape index (κ2) is 8.43. The maximum atomic E-state index is 13.5. The van der Waals surface area contributed by atoms with E-state index < -0.39 is 17.6 Å². The SMILES string of the molecule is Oc1cc(OCc2ccccc2)ccc1-c1n[nH]c(C(F)(F)F)c1Oc1ccccc1. The first kappa shape index (κ1) is 20.3. The van der Waals surface area contributed by atoms with E-state index in [4.69, 9.17) is 9.47 Å². The highest BCUT2D eigenvalue weighted by molar-refractivity contribution is 5.74. The van der Waals surface area contributed by atoms with Gasteiger partial charge in [-0.2, -0.15) is 18.3 Å². The summed E-state index contributed by atoms with van der Waals surface area (Å²) in [6, 6.07) is 21.8. The Balaban J connectivity index is 1.65. The number of phenols is 1. The van der Waals surface area contributed by atoms with Gasteiger partial charge >= 0.3 is 6.18 Å². The van der Waals surface area contributed by atoms with Crippen LogP contribution in [0.15, 0.2) is 78.9 Å². The molecule has 0 aliphatic rings. The summed E-state index contributed by atoms with van der Waals surface area (Å²) < 4.78 is 51.6. The van der Waals surface area contributed by atoms with E-state index in [1.54, 1.807) is 24.3 Å². The molecule has 1 heterocycles. The first-order valence-electron chi connectivity index (χ1n) is 9.30. The smallest absolute Gasteiger partial charge is 0.436 e. The maximum absolute atomic E-state index is 13.5. The molecule has 0 unspecified atom stereocenters. The zero-order chi connectivity index (χ0) is 21.8. The molecule has 4 rings (SSSR count). The Morgan fingerprint density at radius 2 is 1.55 bits per heavy atom. The van der Waals surface area contributed by atoms with E-state index in [1.807, 2.05) is 35.4 Å². The molecule has 8 heteroatoms. The van der Waals surface area contributed by atoms with Crippen LogP contribution in [0.4, 0.5) is 13.2 Å². The summed E-state index contributed by atoms with van der Waals surface area (Å²) >= 11 is 0. The van der Waals surface area contributed by atoms with Crippen molar-refractivity contribution < 1.29 is 27.8 Å². The monoisotopic (exact) mass is 426 g/mol. The van der Waals surface area contributed by atoms with Crippen molar-refractivity contribution in [1.82, 2.24) is 10.2 Å². The molecule has 4 aromatic rings. The summed E-state index contributed by atoms with van der Waals surface area (Å²) in [5.74, 6) is -0.240. The van der Waals surface area contributed by atoms with Crippen molar-refractivity contribution >= 4 is 0 Å². The van der Waals surface area contributed by atoms with E-state index in [0.29, 0.717) is 5.75 Å². The fourth-order valence-electron chi connectivity index (χ4n) is 2.95. The number of aromatic nitrogens is 2. The molecule has 2 N–H and O–H groups in total. The quantitative estimate of drug-likeness (QED) is 0.387. The predicted molar refractivity (Wildman–Crippen MR) is 108 cm³/mol. The highest BCUT2D eigenvalue weighted by atomic mass is 19.4. The lowest BCUT2D eigenvalue weighted by molar-refractivity contribution is -0.142. The number of phenolic OH excluding ortho intramolecular Hbond substituents is 1. The number of aromatic hydroxyl groups is 1. The second-order valence-electron chi connectivity index (χ2n) is 6.64. The first-order chi connectivity index (χ1) is 14.9. The van der Waals surface area contributed by atoms with Gasteiger partial charge in [0, 0.05) is 11.6 Å². The number of hydrogen-bond donors (Lipinski definition) is 2. The summed E-state index contributed by atoms with van der Waals surface area (Å²) in [5, 5.41) is 16.2. The molecule has 0 saturated heterocycles. The maximum Gasteiger partial charge on any atom is 0.436 e. The molecule has 0 saturated carbocycles. The Morgan fingerprint density at radius 3 is 2.19 bits per heavy atom. The van der Waals surface area contributed by atoms with Crippen LogP contribution in [0.3, 0.4) is 0 Å². The number of benzene rings is 3. The third-order valence-corrected chi connectivity index (χ3v) is 4.44. The predicted octanol–water partition coefficient (Wildman–Crippen LogP) is 6.17. The van der Waals surface area contributed by atoms with Crippen molar-refractivity contribution in [2.75, 3.05) is 0 Å². The Kier molecular flexibility index (Phi) is 5.53. The Hall–Kier alpha value is -3.94. The molecule has 5 nitrogen and oxygen atoms in total. The van der Waals surface area contributed by atoms with Gasteiger partial charge in [-0.1, -0.05) is 48.5 Å². The van der Waals surface area contributed by atoms with Gasteiger partial charge in [-0.25, -0.2) is 0 Å². The molecule has 0 bridgehead atoms. The van der Waals surface area contributed by atoms with Crippen LogP contribution in [0.2, 0.25) is 0 Å². The molecule has 0 radical (unpaired) electrons. The zero-order valence-electron chi connectivity index (χ0n) is 16.1. The third-order valence-electron chi connectivity index (χ3n) is 4.44. The minimum Gasteiger partial charge on any atom is -0.507 e. The van der Waals surface area contributed by atoms with Crippen molar-refractivity contribution in [3.05, 3.63) is 90.1 Å². The summed E-state index contributed by atoms with van der Waals surface area (Å²) in [7, 11) is 0. The third kappa shape index (κ3) is 4.63. The summed E-state index contributed by atoms with van der Waals surface area (Å²) in [5.41, 5.74) is -0.296. The van der Waals surface area contributed by atoms with Crippen LogP contribution in [0.1, 0.15) is 11.3 Å². The molecule has 0 amide bonds. The van der Waals surface area contributed by atoms with Gasteiger partial charge in [0.15, 0.2) is 11.4 Å². The van der Waals surface area contributed by atoms with Gasteiger partial charge < -0.3 is 14.6 Å². The highest BCUT2D eigenvalue weighted by Crippen LogP contribution is 2.44. The van der Waals surface area contributed by atoms with Crippen molar-refractivity contribution in [3.8, 4) is 34.3 Å². The van der Waals surface area contributed by atoms with Crippen LogP contribution in [-0.2, 0) is 12.8 Å². The molecule has 3 aromatic carbocycles. The van der Waals surface area contributed by atoms with Gasteiger partial charge in [-0.15, -0.1) is 0 Å². The van der Waals surface area contributed by atoms with Gasteiger partial charge in [0.25, 0.3) is 0 Å². The number of aromatic amines is 1. The van der Waals surface area contributed by atoms with Crippen LogP contribution in [0, 0.1) is 0 Å². The Labute approximate surface area is 175 Å². The lowest BCUT2D eigenvalue weighted by Gasteiger charge is -2.12. The number of ether oxygens (including phenoxy) is 2. The van der Waals surface area contributed by atoms with Gasteiger partial charge in [0.2, 0.25) is 0 Å². The molecule has 158 valence electrons. The number of nitrogens with one attached hydrogen (secondary N) is 1. The zero-order valence-corrected chi connectivity index (χ0v) is 16.1. The van der Waals surface area contributed by atoms with Crippen LogP contribution in [-0.4, -0.2) is 15.3 Å². The van der Waals surface area contributed by atoms with Gasteiger partial charge in [-0.3, -0.25) is 5.10 Å². The van der Waals surface area contributed by atoms with Gasteiger partial charge in [0.1, 0.15) is 29.5 Å². The van der Waals surface area contributed by atoms with Crippen LogP contribution < -0.4 is 9.47 Å². The lowest BCUT2D eigenvalue weighted by atomic mass is 10.1. The molecule has 0 fully saturated rings. The lowest BCUT2D eigenvalue weighted by Crippen LogP contribution is -2.07. The summed E-state index contributed by atoms with van der Waals surface area (Å²) in [6.45, 7) is 0.280. The normalized spacial score (nSPS) is 11.3. The molecular weight excluding hydrogens is 409 g/mol. The molecule has 1 aromatic heterocycles. The molecule has 0 aliphatic heterocycles. The fraction of sp³-hybridized carbons (Fsp3) is 0.0870. The number of nitrogens with zero attached hydrogens (tertiary/aromatic N) is 1. The number of H-pyrrole nitrogens is 1. The number of rotatable bonds is 6. The molecular formula is C23H17F3N2O3. The number of para-hydroxylation sites is 1. The Morgan fingerprint density at radius 1 is 0.871 bits per heavy atom. The molecule has 0 aliphatic carbocycles. The van der Waals surface area contributed by atoms with Crippen LogP contribution in [0.25, 0.3) is 11.3 Å². The van der Waals surface area contributed by atoms with E-state index in [2.05, 4.69) is 5.10 Å². The average molecular weight is 426 g/mol. The van der Waals surface area contributed by atoms with E-state index in [1.165, 1.54) is 24.3 Å². The largest absolute Gasteiger partial charge is 0.507 e. The number of hydrogen-bond acceptors (Lipinski definition) is 4. The standard InChI is InChI=1S/C23H17F3N2O3/c24-23(25,26)22-21(31-16-9-5-2-6-10-16)20(27-28-22)18-12-11-17(13-19(18)29)30-14-15-7-3-1-4-8-15/h1-13,29H,14H2,(H,27,28). The van der Waals surface area contributed by atoms with E-state index >= 15 is 0 Å². The van der Waals surface area contributed by atoms with Crippen molar-refractivity contribution in [2.24, 2.45) is 0 Å². The minimum absolute atomic E-state index is 0.0738. The highest BCUT2D eigenvalue weighted by Gasteiger charge is 2.39. The van der Waals surface area contributed by atoms with E-state index in [9.17, 15) is 18.3 Å². The van der Waals surface area contributed by atoms with Crippen LogP contribution in [0.5, 0.6) is 23.0 Å². The topological polar surface area (TPSA) is 67.4 Å². The van der Waals surface area contributed by atoms with Crippen molar-refractivity contribution in [1.29, 1.82) is 0 Å². The first-order valence-corrected chi connectivity index (χ1v) is 9.30. The van der Waals surface area contributed by atoms with Crippen molar-refractivity contribution in [2.45, 2.75) is 12.8 Å². The van der Waals surface area contributed by atoms with Crippen molar-refractivity contribution in [3.63, 3.8) is 0 Å². The second-order valence-corrected chi connectivity index (χ2v) is 6.64. The van der Waals surface area contributed by atoms with Gasteiger partial charge in [-0.05, 0) is 29.8 Å². The molecule has 0 atom stereocenters. The number of alkyl halides is 3. The summed E-state index contributed by atoms with van der Waals surface area (Å²) in [6.07, 6.45) is -4.72. The van der Waals surface area contributed by atoms with Crippen LogP contribution >= 0.6 is 0 Å². The molecule has 31 heavy (non-hydrogen) atoms.